The fourth-order valence-electron chi connectivity index (χ4n) is 2.49. The molecule has 0 aliphatic carbocycles. The standard InChI is InChI=1S/C22H18N4O4/c27-19-12-6-4-10-16(19)21(29)25-23-14-18(15-8-2-1-3-9-15)24-26-22(30)17-11-5-7-13-20(17)28/h1-14,27-28H,(H,25,29)(H,26,30)/b23-14-,24-18-. The number of phenols is 2. The molecule has 0 saturated carbocycles. The first-order valence-electron chi connectivity index (χ1n) is 8.89. The average molecular weight is 402 g/mol. The molecular formula is C22H18N4O4. The van der Waals surface area contributed by atoms with Crippen LogP contribution in [0.25, 0.3) is 0 Å². The number of rotatable bonds is 6. The van der Waals surface area contributed by atoms with Crippen LogP contribution >= 0.6 is 0 Å². The monoisotopic (exact) mass is 402 g/mol. The summed E-state index contributed by atoms with van der Waals surface area (Å²) in [5, 5.41) is 27.5. The number of phenolic OH excluding ortho intramolecular Hbond substituents is 2. The van der Waals surface area contributed by atoms with Gasteiger partial charge in [0.05, 0.1) is 17.3 Å². The fraction of sp³-hybridized carbons (Fsp3) is 0. The van der Waals surface area contributed by atoms with E-state index in [1.165, 1.54) is 30.5 Å². The molecule has 8 heteroatoms. The van der Waals surface area contributed by atoms with E-state index in [1.54, 1.807) is 48.5 Å². The summed E-state index contributed by atoms with van der Waals surface area (Å²) in [5.74, 6) is -1.55. The van der Waals surface area contributed by atoms with Crippen molar-refractivity contribution in [2.45, 2.75) is 0 Å². The summed E-state index contributed by atoms with van der Waals surface area (Å²) in [7, 11) is 0. The number of amides is 2. The van der Waals surface area contributed by atoms with E-state index in [-0.39, 0.29) is 28.3 Å². The maximum atomic E-state index is 12.3. The maximum Gasteiger partial charge on any atom is 0.275 e. The highest BCUT2D eigenvalue weighted by Gasteiger charge is 2.11. The van der Waals surface area contributed by atoms with Crippen molar-refractivity contribution in [1.29, 1.82) is 0 Å². The van der Waals surface area contributed by atoms with Gasteiger partial charge < -0.3 is 10.2 Å². The zero-order chi connectivity index (χ0) is 21.3. The normalized spacial score (nSPS) is 11.3. The number of carbonyl (C=O) groups is 2. The molecule has 0 aliphatic heterocycles. The van der Waals surface area contributed by atoms with E-state index in [9.17, 15) is 19.8 Å². The number of nitrogens with one attached hydrogen (secondary N) is 2. The van der Waals surface area contributed by atoms with Crippen LogP contribution in [-0.4, -0.2) is 34.0 Å². The highest BCUT2D eigenvalue weighted by molar-refractivity contribution is 6.38. The van der Waals surface area contributed by atoms with Gasteiger partial charge in [0.25, 0.3) is 11.8 Å². The lowest BCUT2D eigenvalue weighted by atomic mass is 10.1. The summed E-state index contributed by atoms with van der Waals surface area (Å²) in [4.78, 5) is 24.4. The Morgan fingerprint density at radius 2 is 1.20 bits per heavy atom. The van der Waals surface area contributed by atoms with E-state index < -0.39 is 11.8 Å². The van der Waals surface area contributed by atoms with Crippen molar-refractivity contribution in [3.63, 3.8) is 0 Å². The minimum Gasteiger partial charge on any atom is -0.507 e. The molecule has 3 aromatic rings. The lowest BCUT2D eigenvalue weighted by molar-refractivity contribution is 0.0943. The Bertz CT molecular complexity index is 1110. The van der Waals surface area contributed by atoms with Gasteiger partial charge in [0.2, 0.25) is 0 Å². The Morgan fingerprint density at radius 1 is 0.700 bits per heavy atom. The number of para-hydroxylation sites is 2. The van der Waals surface area contributed by atoms with E-state index in [2.05, 4.69) is 21.1 Å². The largest absolute Gasteiger partial charge is 0.507 e. The zero-order valence-electron chi connectivity index (χ0n) is 15.7. The van der Waals surface area contributed by atoms with Crippen LogP contribution in [0.2, 0.25) is 0 Å². The van der Waals surface area contributed by atoms with Gasteiger partial charge in [-0.1, -0.05) is 54.6 Å². The molecule has 2 amide bonds. The third-order valence-corrected chi connectivity index (χ3v) is 4.00. The Balaban J connectivity index is 1.78. The van der Waals surface area contributed by atoms with Gasteiger partial charge in [-0.05, 0) is 24.3 Å². The predicted octanol–water partition coefficient (Wildman–Crippen LogP) is 2.65. The number of hydrogen-bond donors (Lipinski definition) is 4. The van der Waals surface area contributed by atoms with Crippen molar-refractivity contribution < 1.29 is 19.8 Å². The van der Waals surface area contributed by atoms with Gasteiger partial charge in [-0.2, -0.15) is 10.2 Å². The fourth-order valence-corrected chi connectivity index (χ4v) is 2.49. The molecule has 4 N–H and O–H groups in total. The molecule has 0 aromatic heterocycles. The van der Waals surface area contributed by atoms with Crippen molar-refractivity contribution in [1.82, 2.24) is 10.9 Å². The second kappa shape index (κ2) is 9.65. The highest BCUT2D eigenvalue weighted by Crippen LogP contribution is 2.16. The van der Waals surface area contributed by atoms with Crippen LogP contribution in [0, 0.1) is 0 Å². The molecule has 0 bridgehead atoms. The van der Waals surface area contributed by atoms with Crippen LogP contribution in [0.15, 0.2) is 89.1 Å². The first kappa shape index (κ1) is 20.3. The molecule has 30 heavy (non-hydrogen) atoms. The van der Waals surface area contributed by atoms with Gasteiger partial charge in [-0.15, -0.1) is 0 Å². The van der Waals surface area contributed by atoms with Crippen LogP contribution in [-0.2, 0) is 0 Å². The molecular weight excluding hydrogens is 384 g/mol. The third-order valence-electron chi connectivity index (χ3n) is 4.00. The summed E-state index contributed by atoms with van der Waals surface area (Å²) in [6.07, 6.45) is 1.26. The second-order valence-electron chi connectivity index (χ2n) is 6.04. The smallest absolute Gasteiger partial charge is 0.275 e. The predicted molar refractivity (Wildman–Crippen MR) is 113 cm³/mol. The Kier molecular flexibility index (Phi) is 6.52. The summed E-state index contributed by atoms with van der Waals surface area (Å²) in [5.41, 5.74) is 5.70. The molecule has 8 nitrogen and oxygen atoms in total. The van der Waals surface area contributed by atoms with Crippen molar-refractivity contribution in [3.05, 3.63) is 95.6 Å². The van der Waals surface area contributed by atoms with Crippen molar-refractivity contribution in [3.8, 4) is 11.5 Å². The highest BCUT2D eigenvalue weighted by atomic mass is 16.3. The van der Waals surface area contributed by atoms with Crippen molar-refractivity contribution in [2.75, 3.05) is 0 Å². The topological polar surface area (TPSA) is 123 Å². The summed E-state index contributed by atoms with van der Waals surface area (Å²) < 4.78 is 0. The Labute approximate surface area is 172 Å². The van der Waals surface area contributed by atoms with Gasteiger partial charge in [0, 0.05) is 5.56 Å². The molecule has 0 unspecified atom stereocenters. The minimum absolute atomic E-state index is 0.0680. The molecule has 0 heterocycles. The van der Waals surface area contributed by atoms with Crippen LogP contribution in [0.1, 0.15) is 26.3 Å². The molecule has 0 aliphatic rings. The van der Waals surface area contributed by atoms with Gasteiger partial charge >= 0.3 is 0 Å². The molecule has 0 spiro atoms. The maximum absolute atomic E-state index is 12.3. The zero-order valence-corrected chi connectivity index (χ0v) is 15.7. The number of aromatic hydroxyl groups is 2. The molecule has 3 rings (SSSR count). The third kappa shape index (κ3) is 5.08. The Morgan fingerprint density at radius 3 is 1.77 bits per heavy atom. The molecule has 0 radical (unpaired) electrons. The number of nitrogens with zero attached hydrogens (tertiary/aromatic N) is 2. The average Bonchev–Trinajstić information content (AvgIpc) is 2.77. The lowest BCUT2D eigenvalue weighted by Gasteiger charge is -2.05. The quantitative estimate of drug-likeness (QED) is 0.374. The van der Waals surface area contributed by atoms with Crippen LogP contribution in [0.5, 0.6) is 11.5 Å². The molecule has 150 valence electrons. The van der Waals surface area contributed by atoms with E-state index in [1.807, 2.05) is 6.07 Å². The molecule has 0 fully saturated rings. The van der Waals surface area contributed by atoms with E-state index in [0.717, 1.165) is 0 Å². The number of benzene rings is 3. The van der Waals surface area contributed by atoms with Crippen molar-refractivity contribution in [2.24, 2.45) is 10.2 Å². The van der Waals surface area contributed by atoms with E-state index in [4.69, 9.17) is 0 Å². The second-order valence-corrected chi connectivity index (χ2v) is 6.04. The van der Waals surface area contributed by atoms with Crippen LogP contribution in [0.3, 0.4) is 0 Å². The first-order valence-corrected chi connectivity index (χ1v) is 8.89. The number of carbonyl (C=O) groups excluding carboxylic acids is 2. The van der Waals surface area contributed by atoms with Crippen LogP contribution < -0.4 is 10.9 Å². The lowest BCUT2D eigenvalue weighted by Crippen LogP contribution is -2.22. The molecule has 3 aromatic carbocycles. The summed E-state index contributed by atoms with van der Waals surface area (Å²) in [6, 6.07) is 21.0. The molecule has 0 saturated heterocycles. The van der Waals surface area contributed by atoms with Crippen LogP contribution in [0.4, 0.5) is 0 Å². The minimum atomic E-state index is -0.604. The van der Waals surface area contributed by atoms with E-state index >= 15 is 0 Å². The van der Waals surface area contributed by atoms with Gasteiger partial charge in [0.15, 0.2) is 0 Å². The van der Waals surface area contributed by atoms with Gasteiger partial charge in [-0.3, -0.25) is 9.59 Å². The van der Waals surface area contributed by atoms with E-state index in [0.29, 0.717) is 5.56 Å². The summed E-state index contributed by atoms with van der Waals surface area (Å²) >= 11 is 0. The molecule has 0 atom stereocenters. The van der Waals surface area contributed by atoms with Crippen molar-refractivity contribution >= 4 is 23.7 Å². The number of hydrogen-bond acceptors (Lipinski definition) is 6. The van der Waals surface area contributed by atoms with Gasteiger partial charge in [0.1, 0.15) is 17.2 Å². The first-order chi connectivity index (χ1) is 14.6. The summed E-state index contributed by atoms with van der Waals surface area (Å²) in [6.45, 7) is 0. The Hall–Kier alpha value is -4.46. The SMILES string of the molecule is O=C(N/N=C\C(=N\NC(=O)c1ccccc1O)c1ccccc1)c1ccccc1O. The number of hydrazone groups is 2. The van der Waals surface area contributed by atoms with Gasteiger partial charge in [-0.25, -0.2) is 10.9 Å².